The van der Waals surface area contributed by atoms with Gasteiger partial charge in [0.1, 0.15) is 0 Å². The Morgan fingerprint density at radius 2 is 1.75 bits per heavy atom. The zero-order valence-corrected chi connectivity index (χ0v) is 12.2. The SMILES string of the molecule is Cc1ccc(C(=O)C=CNc2ccc(Cl)cc2)cc1C. The van der Waals surface area contributed by atoms with E-state index in [1.165, 1.54) is 11.6 Å². The van der Waals surface area contributed by atoms with E-state index in [1.807, 2.05) is 44.2 Å². The van der Waals surface area contributed by atoms with E-state index in [4.69, 9.17) is 11.6 Å². The van der Waals surface area contributed by atoms with Gasteiger partial charge in [0.2, 0.25) is 0 Å². The van der Waals surface area contributed by atoms with Gasteiger partial charge in [-0.1, -0.05) is 23.7 Å². The van der Waals surface area contributed by atoms with E-state index < -0.39 is 0 Å². The van der Waals surface area contributed by atoms with Crippen LogP contribution >= 0.6 is 11.6 Å². The third-order valence-electron chi connectivity index (χ3n) is 3.12. The molecule has 20 heavy (non-hydrogen) atoms. The third-order valence-corrected chi connectivity index (χ3v) is 3.37. The second-order valence-corrected chi connectivity index (χ2v) is 5.08. The van der Waals surface area contributed by atoms with Crippen LogP contribution in [0.5, 0.6) is 0 Å². The molecular formula is C17H16ClNO. The average molecular weight is 286 g/mol. The number of ketones is 1. The molecule has 3 heteroatoms. The van der Waals surface area contributed by atoms with Crippen molar-refractivity contribution < 1.29 is 4.79 Å². The highest BCUT2D eigenvalue weighted by atomic mass is 35.5. The summed E-state index contributed by atoms with van der Waals surface area (Å²) in [5.41, 5.74) is 3.89. The number of hydrogen-bond donors (Lipinski definition) is 1. The lowest BCUT2D eigenvalue weighted by Crippen LogP contribution is -1.97. The molecule has 0 saturated heterocycles. The van der Waals surface area contributed by atoms with Gasteiger partial charge >= 0.3 is 0 Å². The summed E-state index contributed by atoms with van der Waals surface area (Å²) < 4.78 is 0. The molecule has 0 unspecified atom stereocenters. The molecule has 0 heterocycles. The Bertz CT molecular complexity index is 645. The molecule has 0 bridgehead atoms. The molecule has 2 nitrogen and oxygen atoms in total. The Morgan fingerprint density at radius 1 is 1.05 bits per heavy atom. The smallest absolute Gasteiger partial charge is 0.187 e. The summed E-state index contributed by atoms with van der Waals surface area (Å²) in [5.74, 6) is -0.0189. The van der Waals surface area contributed by atoms with Crippen molar-refractivity contribution in [3.63, 3.8) is 0 Å². The van der Waals surface area contributed by atoms with Crippen molar-refractivity contribution in [1.82, 2.24) is 0 Å². The number of carbonyl (C=O) groups is 1. The van der Waals surface area contributed by atoms with Crippen LogP contribution in [0.4, 0.5) is 5.69 Å². The molecule has 0 aromatic heterocycles. The zero-order valence-electron chi connectivity index (χ0n) is 11.5. The van der Waals surface area contributed by atoms with Gasteiger partial charge in [0.05, 0.1) is 0 Å². The van der Waals surface area contributed by atoms with Crippen LogP contribution < -0.4 is 5.32 Å². The lowest BCUT2D eigenvalue weighted by atomic mass is 10.0. The van der Waals surface area contributed by atoms with Crippen molar-refractivity contribution in [1.29, 1.82) is 0 Å². The molecule has 0 atom stereocenters. The van der Waals surface area contributed by atoms with Crippen molar-refractivity contribution in [2.45, 2.75) is 13.8 Å². The van der Waals surface area contributed by atoms with Gasteiger partial charge in [0.25, 0.3) is 0 Å². The maximum absolute atomic E-state index is 12.0. The second-order valence-electron chi connectivity index (χ2n) is 4.65. The molecule has 0 fully saturated rings. The molecular weight excluding hydrogens is 270 g/mol. The van der Waals surface area contributed by atoms with Gasteiger partial charge in [-0.25, -0.2) is 0 Å². The summed E-state index contributed by atoms with van der Waals surface area (Å²) >= 11 is 5.80. The number of nitrogens with one attached hydrogen (secondary N) is 1. The van der Waals surface area contributed by atoms with E-state index in [2.05, 4.69) is 5.32 Å². The molecule has 0 radical (unpaired) electrons. The molecule has 2 aromatic rings. The molecule has 0 spiro atoms. The number of hydrogen-bond acceptors (Lipinski definition) is 2. The standard InChI is InChI=1S/C17H16ClNO/c1-12-3-4-14(11-13(12)2)17(20)9-10-19-16-7-5-15(18)6-8-16/h3-11,19H,1-2H3. The number of rotatable bonds is 4. The van der Waals surface area contributed by atoms with Gasteiger partial charge in [-0.2, -0.15) is 0 Å². The fourth-order valence-electron chi connectivity index (χ4n) is 1.75. The van der Waals surface area contributed by atoms with Crippen molar-refractivity contribution in [2.75, 3.05) is 5.32 Å². The summed E-state index contributed by atoms with van der Waals surface area (Å²) in [6, 6.07) is 13.0. The Hall–Kier alpha value is -2.06. The first-order valence-corrected chi connectivity index (χ1v) is 6.74. The van der Waals surface area contributed by atoms with E-state index in [1.54, 1.807) is 18.3 Å². The van der Waals surface area contributed by atoms with Gasteiger partial charge in [0, 0.05) is 28.5 Å². The minimum Gasteiger partial charge on any atom is -0.362 e. The van der Waals surface area contributed by atoms with Crippen LogP contribution in [-0.2, 0) is 0 Å². The van der Waals surface area contributed by atoms with Gasteiger partial charge in [-0.3, -0.25) is 4.79 Å². The summed E-state index contributed by atoms with van der Waals surface area (Å²) in [7, 11) is 0. The number of carbonyl (C=O) groups excluding carboxylic acids is 1. The van der Waals surface area contributed by atoms with Gasteiger partial charge < -0.3 is 5.32 Å². The van der Waals surface area contributed by atoms with Crippen LogP contribution in [0.1, 0.15) is 21.5 Å². The topological polar surface area (TPSA) is 29.1 Å². The van der Waals surface area contributed by atoms with Gasteiger partial charge in [-0.05, 0) is 55.3 Å². The van der Waals surface area contributed by atoms with Crippen LogP contribution in [0, 0.1) is 13.8 Å². The van der Waals surface area contributed by atoms with E-state index in [9.17, 15) is 4.79 Å². The van der Waals surface area contributed by atoms with Gasteiger partial charge in [0.15, 0.2) is 5.78 Å². The molecule has 2 rings (SSSR count). The summed E-state index contributed by atoms with van der Waals surface area (Å²) in [6.45, 7) is 4.03. The van der Waals surface area contributed by atoms with Crippen molar-refractivity contribution in [3.05, 3.63) is 76.5 Å². The third kappa shape index (κ3) is 3.72. The number of halogens is 1. The van der Waals surface area contributed by atoms with Crippen LogP contribution in [0.25, 0.3) is 0 Å². The maximum Gasteiger partial charge on any atom is 0.187 e. The molecule has 0 amide bonds. The van der Waals surface area contributed by atoms with Crippen molar-refractivity contribution >= 4 is 23.1 Å². The fourth-order valence-corrected chi connectivity index (χ4v) is 1.88. The lowest BCUT2D eigenvalue weighted by molar-refractivity contribution is 0.104. The Labute approximate surface area is 124 Å². The van der Waals surface area contributed by atoms with Gasteiger partial charge in [-0.15, -0.1) is 0 Å². The number of benzene rings is 2. The zero-order chi connectivity index (χ0) is 14.5. The lowest BCUT2D eigenvalue weighted by Gasteiger charge is -2.02. The minimum absolute atomic E-state index is 0.0189. The predicted molar refractivity (Wildman–Crippen MR) is 84.5 cm³/mol. The molecule has 1 N–H and O–H groups in total. The molecule has 102 valence electrons. The normalized spacial score (nSPS) is 10.8. The highest BCUT2D eigenvalue weighted by Crippen LogP contribution is 2.14. The van der Waals surface area contributed by atoms with E-state index >= 15 is 0 Å². The quantitative estimate of drug-likeness (QED) is 0.648. The molecule has 0 saturated carbocycles. The first-order chi connectivity index (χ1) is 9.56. The number of aryl methyl sites for hydroxylation is 2. The Kier molecular flexibility index (Phi) is 4.59. The van der Waals surface area contributed by atoms with E-state index in [-0.39, 0.29) is 5.78 Å². The molecule has 0 aliphatic rings. The second kappa shape index (κ2) is 6.40. The Balaban J connectivity index is 2.01. The predicted octanol–water partition coefficient (Wildman–Crippen LogP) is 4.77. The van der Waals surface area contributed by atoms with E-state index in [0.717, 1.165) is 11.3 Å². The molecule has 0 aliphatic carbocycles. The summed E-state index contributed by atoms with van der Waals surface area (Å²) in [6.07, 6.45) is 3.17. The monoisotopic (exact) mass is 285 g/mol. The molecule has 2 aromatic carbocycles. The van der Waals surface area contributed by atoms with Crippen molar-refractivity contribution in [2.24, 2.45) is 0 Å². The Morgan fingerprint density at radius 3 is 2.40 bits per heavy atom. The number of anilines is 1. The van der Waals surface area contributed by atoms with Crippen LogP contribution in [0.15, 0.2) is 54.7 Å². The average Bonchev–Trinajstić information content (AvgIpc) is 2.44. The highest BCUT2D eigenvalue weighted by Gasteiger charge is 2.02. The minimum atomic E-state index is -0.0189. The largest absolute Gasteiger partial charge is 0.362 e. The molecule has 0 aliphatic heterocycles. The van der Waals surface area contributed by atoms with Crippen LogP contribution in [0.3, 0.4) is 0 Å². The summed E-state index contributed by atoms with van der Waals surface area (Å²) in [4.78, 5) is 12.0. The van der Waals surface area contributed by atoms with Crippen LogP contribution in [-0.4, -0.2) is 5.78 Å². The number of allylic oxidation sites excluding steroid dienone is 1. The first-order valence-electron chi connectivity index (χ1n) is 6.36. The van der Waals surface area contributed by atoms with Crippen molar-refractivity contribution in [3.8, 4) is 0 Å². The van der Waals surface area contributed by atoms with Crippen LogP contribution in [0.2, 0.25) is 5.02 Å². The summed E-state index contributed by atoms with van der Waals surface area (Å²) in [5, 5.41) is 3.72. The van der Waals surface area contributed by atoms with E-state index in [0.29, 0.717) is 10.6 Å². The first kappa shape index (κ1) is 14.4. The fraction of sp³-hybridized carbons (Fsp3) is 0.118. The maximum atomic E-state index is 12.0. The highest BCUT2D eigenvalue weighted by molar-refractivity contribution is 6.30.